The number of carbonyl (C=O) groups excluding carboxylic acids is 1. The Kier molecular flexibility index (Phi) is 5.16. The Hall–Kier alpha value is -0.410. The van der Waals surface area contributed by atoms with Gasteiger partial charge in [-0.3, -0.25) is 4.79 Å². The van der Waals surface area contributed by atoms with Crippen molar-refractivity contribution in [2.75, 3.05) is 6.54 Å². The molecule has 0 aliphatic heterocycles. The lowest BCUT2D eigenvalue weighted by Gasteiger charge is -2.05. The Morgan fingerprint density at radius 2 is 2.30 bits per heavy atom. The molecule has 0 fully saturated rings. The van der Waals surface area contributed by atoms with Crippen molar-refractivity contribution in [3.63, 3.8) is 0 Å². The highest BCUT2D eigenvalue weighted by molar-refractivity contribution is 5.82. The van der Waals surface area contributed by atoms with Crippen LogP contribution in [0.4, 0.5) is 0 Å². The molecule has 0 heterocycles. The van der Waals surface area contributed by atoms with E-state index in [0.717, 1.165) is 0 Å². The maximum atomic E-state index is 10.7. The fourth-order valence-corrected chi connectivity index (χ4v) is 0.708. The molecule has 0 aliphatic carbocycles. The van der Waals surface area contributed by atoms with Gasteiger partial charge in [0.15, 0.2) is 5.78 Å². The van der Waals surface area contributed by atoms with Gasteiger partial charge in [0.05, 0.1) is 0 Å². The summed E-state index contributed by atoms with van der Waals surface area (Å²) in [6.45, 7) is 2.28. The second-order valence-electron chi connectivity index (χ2n) is 2.27. The average molecular weight is 145 g/mol. The Morgan fingerprint density at radius 1 is 1.70 bits per heavy atom. The first-order chi connectivity index (χ1) is 4.72. The lowest BCUT2D eigenvalue weighted by Crippen LogP contribution is -2.20. The first kappa shape index (κ1) is 9.59. The number of carbonyl (C=O) groups is 1. The van der Waals surface area contributed by atoms with Crippen LogP contribution in [0, 0.1) is 0 Å². The van der Waals surface area contributed by atoms with E-state index < -0.39 is 6.10 Å². The van der Waals surface area contributed by atoms with Crippen LogP contribution in [0.3, 0.4) is 0 Å². The van der Waals surface area contributed by atoms with Crippen molar-refractivity contribution in [3.8, 4) is 0 Å². The van der Waals surface area contributed by atoms with E-state index >= 15 is 0 Å². The van der Waals surface area contributed by atoms with Crippen molar-refractivity contribution in [3.05, 3.63) is 0 Å². The third-order valence-electron chi connectivity index (χ3n) is 1.40. The first-order valence-corrected chi connectivity index (χ1v) is 3.63. The molecule has 3 nitrogen and oxygen atoms in total. The molecule has 0 bridgehead atoms. The molecule has 0 amide bonds. The molecule has 0 rings (SSSR count). The van der Waals surface area contributed by atoms with Crippen LogP contribution in [-0.2, 0) is 4.79 Å². The van der Waals surface area contributed by atoms with Gasteiger partial charge in [0.2, 0.25) is 0 Å². The SMILES string of the molecule is CCC(=O)C(O)CCCN. The van der Waals surface area contributed by atoms with Crippen LogP contribution in [0.5, 0.6) is 0 Å². The number of nitrogens with two attached hydrogens (primary N) is 1. The van der Waals surface area contributed by atoms with Gasteiger partial charge in [0.25, 0.3) is 0 Å². The largest absolute Gasteiger partial charge is 0.385 e. The van der Waals surface area contributed by atoms with Crippen molar-refractivity contribution in [1.29, 1.82) is 0 Å². The van der Waals surface area contributed by atoms with Crippen LogP contribution in [0.15, 0.2) is 0 Å². The molecular weight excluding hydrogens is 130 g/mol. The zero-order chi connectivity index (χ0) is 7.98. The highest BCUT2D eigenvalue weighted by atomic mass is 16.3. The van der Waals surface area contributed by atoms with Gasteiger partial charge in [0, 0.05) is 6.42 Å². The summed E-state index contributed by atoms with van der Waals surface area (Å²) in [7, 11) is 0. The molecule has 0 spiro atoms. The van der Waals surface area contributed by atoms with Crippen LogP contribution in [0.2, 0.25) is 0 Å². The Labute approximate surface area is 61.2 Å². The number of hydrogen-bond donors (Lipinski definition) is 2. The van der Waals surface area contributed by atoms with E-state index in [1.54, 1.807) is 6.92 Å². The van der Waals surface area contributed by atoms with Gasteiger partial charge in [0.1, 0.15) is 6.10 Å². The first-order valence-electron chi connectivity index (χ1n) is 3.63. The zero-order valence-electron chi connectivity index (χ0n) is 6.34. The lowest BCUT2D eigenvalue weighted by atomic mass is 10.1. The summed E-state index contributed by atoms with van der Waals surface area (Å²) in [6, 6.07) is 0. The van der Waals surface area contributed by atoms with Gasteiger partial charge in [-0.1, -0.05) is 6.92 Å². The van der Waals surface area contributed by atoms with Crippen molar-refractivity contribution in [2.45, 2.75) is 32.3 Å². The minimum Gasteiger partial charge on any atom is -0.385 e. The molecule has 0 saturated carbocycles. The summed E-state index contributed by atoms with van der Waals surface area (Å²) < 4.78 is 0. The molecule has 3 heteroatoms. The van der Waals surface area contributed by atoms with Crippen molar-refractivity contribution in [1.82, 2.24) is 0 Å². The van der Waals surface area contributed by atoms with Gasteiger partial charge in [-0.15, -0.1) is 0 Å². The number of aliphatic hydroxyl groups is 1. The molecule has 3 N–H and O–H groups in total. The minimum absolute atomic E-state index is 0.0894. The van der Waals surface area contributed by atoms with Gasteiger partial charge in [-0.05, 0) is 19.4 Å². The number of ketones is 1. The third kappa shape index (κ3) is 3.58. The topological polar surface area (TPSA) is 63.3 Å². The number of hydrogen-bond acceptors (Lipinski definition) is 3. The molecule has 0 aromatic carbocycles. The molecule has 1 unspecified atom stereocenters. The lowest BCUT2D eigenvalue weighted by molar-refractivity contribution is -0.127. The second-order valence-corrected chi connectivity index (χ2v) is 2.27. The summed E-state index contributed by atoms with van der Waals surface area (Å²) in [6.07, 6.45) is 0.843. The van der Waals surface area contributed by atoms with E-state index in [1.807, 2.05) is 0 Å². The van der Waals surface area contributed by atoms with Gasteiger partial charge in [-0.2, -0.15) is 0 Å². The van der Waals surface area contributed by atoms with E-state index in [1.165, 1.54) is 0 Å². The van der Waals surface area contributed by atoms with Crippen molar-refractivity contribution < 1.29 is 9.90 Å². The summed E-state index contributed by atoms with van der Waals surface area (Å²) in [4.78, 5) is 10.7. The van der Waals surface area contributed by atoms with Crippen LogP contribution in [0.25, 0.3) is 0 Å². The van der Waals surface area contributed by atoms with E-state index in [-0.39, 0.29) is 5.78 Å². The van der Waals surface area contributed by atoms with Crippen LogP contribution in [0.1, 0.15) is 26.2 Å². The monoisotopic (exact) mass is 145 g/mol. The van der Waals surface area contributed by atoms with Crippen molar-refractivity contribution >= 4 is 5.78 Å². The predicted octanol–water partition coefficient (Wildman–Crippen LogP) is 0.0653. The number of aliphatic hydroxyl groups excluding tert-OH is 1. The van der Waals surface area contributed by atoms with E-state index in [9.17, 15) is 4.79 Å². The quantitative estimate of drug-likeness (QED) is 0.575. The van der Waals surface area contributed by atoms with E-state index in [4.69, 9.17) is 10.8 Å². The molecule has 60 valence electrons. The molecule has 10 heavy (non-hydrogen) atoms. The molecule has 0 aromatic heterocycles. The molecule has 0 saturated heterocycles. The van der Waals surface area contributed by atoms with Gasteiger partial charge in [-0.25, -0.2) is 0 Å². The molecule has 1 atom stereocenters. The smallest absolute Gasteiger partial charge is 0.160 e. The normalized spacial score (nSPS) is 13.1. The third-order valence-corrected chi connectivity index (χ3v) is 1.40. The van der Waals surface area contributed by atoms with Crippen molar-refractivity contribution in [2.24, 2.45) is 5.73 Å². The fraction of sp³-hybridized carbons (Fsp3) is 0.857. The summed E-state index contributed by atoms with van der Waals surface area (Å²) >= 11 is 0. The maximum Gasteiger partial charge on any atom is 0.160 e. The standard InChI is InChI=1S/C7H15NO2/c1-2-6(9)7(10)4-3-5-8/h7,10H,2-5,8H2,1H3. The Morgan fingerprint density at radius 3 is 2.70 bits per heavy atom. The van der Waals surface area contributed by atoms with E-state index in [2.05, 4.69) is 0 Å². The number of rotatable bonds is 5. The Bertz CT molecular complexity index is 104. The summed E-state index contributed by atoms with van der Waals surface area (Å²) in [5.74, 6) is -0.0894. The van der Waals surface area contributed by atoms with Crippen LogP contribution < -0.4 is 5.73 Å². The fourth-order valence-electron chi connectivity index (χ4n) is 0.708. The number of Topliss-reactive ketones (excluding diaryl/α,β-unsaturated/α-hetero) is 1. The van der Waals surface area contributed by atoms with Gasteiger partial charge < -0.3 is 10.8 Å². The highest BCUT2D eigenvalue weighted by Gasteiger charge is 2.10. The second kappa shape index (κ2) is 5.38. The molecule has 0 radical (unpaired) electrons. The average Bonchev–Trinajstić information content (AvgIpc) is 1.98. The molecule has 0 aliphatic rings. The van der Waals surface area contributed by atoms with Crippen LogP contribution >= 0.6 is 0 Å². The molecule has 0 aromatic rings. The maximum absolute atomic E-state index is 10.7. The zero-order valence-corrected chi connectivity index (χ0v) is 6.34. The molecular formula is C7H15NO2. The minimum atomic E-state index is -0.784. The predicted molar refractivity (Wildman–Crippen MR) is 39.6 cm³/mol. The van der Waals surface area contributed by atoms with E-state index in [0.29, 0.717) is 25.8 Å². The van der Waals surface area contributed by atoms with Crippen LogP contribution in [-0.4, -0.2) is 23.5 Å². The highest BCUT2D eigenvalue weighted by Crippen LogP contribution is 1.98. The summed E-state index contributed by atoms with van der Waals surface area (Å²) in [5.41, 5.74) is 5.20. The Balaban J connectivity index is 3.41. The van der Waals surface area contributed by atoms with Gasteiger partial charge >= 0.3 is 0 Å². The summed E-state index contributed by atoms with van der Waals surface area (Å²) in [5, 5.41) is 9.04.